The second-order valence-electron chi connectivity index (χ2n) is 4.94. The largest absolute Gasteiger partial charge is 0.462 e. The van der Waals surface area contributed by atoms with E-state index in [1.807, 2.05) is 12.1 Å². The number of Topliss-reactive ketones (excluding diaryl/α,β-unsaturated/α-hetero) is 1. The molecule has 0 N–H and O–H groups in total. The van der Waals surface area contributed by atoms with Gasteiger partial charge in [0.2, 0.25) is 0 Å². The summed E-state index contributed by atoms with van der Waals surface area (Å²) in [5.74, 6) is -0.245. The maximum Gasteiger partial charge on any atom is 0.338 e. The van der Waals surface area contributed by atoms with Crippen LogP contribution in [0.3, 0.4) is 0 Å². The zero-order valence-corrected chi connectivity index (χ0v) is 13.1. The van der Waals surface area contributed by atoms with Crippen molar-refractivity contribution in [3.05, 3.63) is 70.2 Å². The smallest absolute Gasteiger partial charge is 0.338 e. The zero-order chi connectivity index (χ0) is 15.9. The first-order valence-corrected chi connectivity index (χ1v) is 7.48. The molecule has 2 rings (SSSR count). The number of carbonyl (C=O) groups excluding carboxylic acids is 2. The van der Waals surface area contributed by atoms with Gasteiger partial charge in [0, 0.05) is 17.9 Å². The second kappa shape index (κ2) is 7.76. The van der Waals surface area contributed by atoms with Crippen LogP contribution < -0.4 is 0 Å². The number of hydrogen-bond donors (Lipinski definition) is 0. The summed E-state index contributed by atoms with van der Waals surface area (Å²) in [4.78, 5) is 23.6. The standard InChI is InChI=1S/C18H17ClO3/c1-2-22-18(21)15-8-6-13(7-9-15)11-17(20)12-14-4-3-5-16(19)10-14/h3-10H,2,11-12H2,1H3. The lowest BCUT2D eigenvalue weighted by Crippen LogP contribution is -2.08. The monoisotopic (exact) mass is 316 g/mol. The van der Waals surface area contributed by atoms with Crippen molar-refractivity contribution >= 4 is 23.4 Å². The Bertz CT molecular complexity index is 662. The SMILES string of the molecule is CCOC(=O)c1ccc(CC(=O)Cc2cccc(Cl)c2)cc1. The molecule has 22 heavy (non-hydrogen) atoms. The summed E-state index contributed by atoms with van der Waals surface area (Å²) < 4.78 is 4.92. The third-order valence-corrected chi connectivity index (χ3v) is 3.39. The molecular formula is C18H17ClO3. The predicted octanol–water partition coefficient (Wildman–Crippen LogP) is 3.87. The van der Waals surface area contributed by atoms with Gasteiger partial charge < -0.3 is 4.74 Å². The van der Waals surface area contributed by atoms with Gasteiger partial charge in [0.25, 0.3) is 0 Å². The van der Waals surface area contributed by atoms with E-state index in [9.17, 15) is 9.59 Å². The molecule has 0 aliphatic carbocycles. The maximum atomic E-state index is 12.1. The highest BCUT2D eigenvalue weighted by Gasteiger charge is 2.08. The Hall–Kier alpha value is -2.13. The molecule has 0 bridgehead atoms. The van der Waals surface area contributed by atoms with Gasteiger partial charge in [0.05, 0.1) is 12.2 Å². The highest BCUT2D eigenvalue weighted by atomic mass is 35.5. The van der Waals surface area contributed by atoms with E-state index in [1.165, 1.54) is 0 Å². The minimum Gasteiger partial charge on any atom is -0.462 e. The molecule has 3 nitrogen and oxygen atoms in total. The Morgan fingerprint density at radius 1 is 1.00 bits per heavy atom. The van der Waals surface area contributed by atoms with Crippen LogP contribution in [0.5, 0.6) is 0 Å². The summed E-state index contributed by atoms with van der Waals surface area (Å²) in [5.41, 5.74) is 2.27. The van der Waals surface area contributed by atoms with E-state index < -0.39 is 0 Å². The van der Waals surface area contributed by atoms with Crippen molar-refractivity contribution in [1.29, 1.82) is 0 Å². The van der Waals surface area contributed by atoms with Crippen molar-refractivity contribution in [3.8, 4) is 0 Å². The Morgan fingerprint density at radius 3 is 2.32 bits per heavy atom. The summed E-state index contributed by atoms with van der Waals surface area (Å²) in [6.45, 7) is 2.11. The lowest BCUT2D eigenvalue weighted by atomic mass is 10.0. The minimum absolute atomic E-state index is 0.103. The lowest BCUT2D eigenvalue weighted by Gasteiger charge is -2.05. The molecule has 0 atom stereocenters. The fourth-order valence-corrected chi connectivity index (χ4v) is 2.35. The van der Waals surface area contributed by atoms with Crippen LogP contribution in [0.2, 0.25) is 5.02 Å². The van der Waals surface area contributed by atoms with Gasteiger partial charge in [-0.2, -0.15) is 0 Å². The van der Waals surface area contributed by atoms with Crippen LogP contribution in [0, 0.1) is 0 Å². The normalized spacial score (nSPS) is 10.3. The highest BCUT2D eigenvalue weighted by molar-refractivity contribution is 6.30. The van der Waals surface area contributed by atoms with Gasteiger partial charge in [-0.3, -0.25) is 4.79 Å². The first-order chi connectivity index (χ1) is 10.6. The highest BCUT2D eigenvalue weighted by Crippen LogP contribution is 2.13. The van der Waals surface area contributed by atoms with Gasteiger partial charge in [0.15, 0.2) is 0 Å². The predicted molar refractivity (Wildman–Crippen MR) is 86.3 cm³/mol. The van der Waals surface area contributed by atoms with E-state index in [4.69, 9.17) is 16.3 Å². The number of ether oxygens (including phenoxy) is 1. The third kappa shape index (κ3) is 4.71. The number of halogens is 1. The van der Waals surface area contributed by atoms with E-state index in [-0.39, 0.29) is 11.8 Å². The number of benzene rings is 2. The van der Waals surface area contributed by atoms with E-state index in [2.05, 4.69) is 0 Å². The van der Waals surface area contributed by atoms with Gasteiger partial charge in [-0.15, -0.1) is 0 Å². The van der Waals surface area contributed by atoms with Crippen molar-refractivity contribution in [2.24, 2.45) is 0 Å². The molecule has 0 saturated carbocycles. The quantitative estimate of drug-likeness (QED) is 0.760. The summed E-state index contributed by atoms with van der Waals surface area (Å²) in [5, 5.41) is 0.629. The van der Waals surface area contributed by atoms with E-state index in [0.717, 1.165) is 11.1 Å². The van der Waals surface area contributed by atoms with Crippen LogP contribution in [0.4, 0.5) is 0 Å². The molecule has 2 aromatic carbocycles. The van der Waals surface area contributed by atoms with Crippen LogP contribution >= 0.6 is 11.6 Å². The molecule has 0 spiro atoms. The fraction of sp³-hybridized carbons (Fsp3) is 0.222. The van der Waals surface area contributed by atoms with Crippen LogP contribution in [-0.4, -0.2) is 18.4 Å². The van der Waals surface area contributed by atoms with E-state index >= 15 is 0 Å². The summed E-state index contributed by atoms with van der Waals surface area (Å²) >= 11 is 5.91. The number of esters is 1. The molecule has 0 aromatic heterocycles. The van der Waals surface area contributed by atoms with Gasteiger partial charge in [-0.1, -0.05) is 35.9 Å². The minimum atomic E-state index is -0.348. The summed E-state index contributed by atoms with van der Waals surface area (Å²) in [7, 11) is 0. The van der Waals surface area contributed by atoms with Gasteiger partial charge in [-0.25, -0.2) is 4.79 Å². The molecule has 114 valence electrons. The molecule has 0 heterocycles. The molecule has 0 aliphatic rings. The zero-order valence-electron chi connectivity index (χ0n) is 12.3. The summed E-state index contributed by atoms with van der Waals surface area (Å²) in [6.07, 6.45) is 0.676. The van der Waals surface area contributed by atoms with E-state index in [0.29, 0.717) is 30.0 Å². The van der Waals surface area contributed by atoms with Gasteiger partial charge >= 0.3 is 5.97 Å². The molecule has 2 aromatic rings. The average Bonchev–Trinajstić information content (AvgIpc) is 2.48. The molecular weight excluding hydrogens is 300 g/mol. The van der Waals surface area contributed by atoms with Crippen LogP contribution in [-0.2, 0) is 22.4 Å². The number of carbonyl (C=O) groups is 2. The van der Waals surface area contributed by atoms with Crippen molar-refractivity contribution < 1.29 is 14.3 Å². The van der Waals surface area contributed by atoms with Crippen LogP contribution in [0.1, 0.15) is 28.4 Å². The summed E-state index contributed by atoms with van der Waals surface area (Å²) in [6, 6.07) is 14.2. The number of ketones is 1. The maximum absolute atomic E-state index is 12.1. The first-order valence-electron chi connectivity index (χ1n) is 7.10. The van der Waals surface area contributed by atoms with Crippen LogP contribution in [0.25, 0.3) is 0 Å². The first kappa shape index (κ1) is 16.2. The number of rotatable bonds is 6. The Balaban J connectivity index is 1.95. The average molecular weight is 317 g/mol. The molecule has 0 saturated heterocycles. The Kier molecular flexibility index (Phi) is 5.73. The van der Waals surface area contributed by atoms with Crippen LogP contribution in [0.15, 0.2) is 48.5 Å². The lowest BCUT2D eigenvalue weighted by molar-refractivity contribution is -0.117. The molecule has 0 unspecified atom stereocenters. The fourth-order valence-electron chi connectivity index (χ4n) is 2.14. The van der Waals surface area contributed by atoms with Gasteiger partial charge in [0.1, 0.15) is 5.78 Å². The molecule has 0 fully saturated rings. The van der Waals surface area contributed by atoms with Gasteiger partial charge in [-0.05, 0) is 42.3 Å². The molecule has 0 amide bonds. The molecule has 4 heteroatoms. The van der Waals surface area contributed by atoms with Crippen molar-refractivity contribution in [2.75, 3.05) is 6.61 Å². The topological polar surface area (TPSA) is 43.4 Å². The number of hydrogen-bond acceptors (Lipinski definition) is 3. The second-order valence-corrected chi connectivity index (χ2v) is 5.38. The van der Waals surface area contributed by atoms with E-state index in [1.54, 1.807) is 43.3 Å². The Labute approximate surface area is 134 Å². The Morgan fingerprint density at radius 2 is 1.68 bits per heavy atom. The van der Waals surface area contributed by atoms with Crippen molar-refractivity contribution in [2.45, 2.75) is 19.8 Å². The van der Waals surface area contributed by atoms with Crippen molar-refractivity contribution in [1.82, 2.24) is 0 Å². The van der Waals surface area contributed by atoms with Crippen molar-refractivity contribution in [3.63, 3.8) is 0 Å². The molecule has 0 aliphatic heterocycles. The molecule has 0 radical (unpaired) electrons. The third-order valence-electron chi connectivity index (χ3n) is 3.16.